The third kappa shape index (κ3) is 3.64. The summed E-state index contributed by atoms with van der Waals surface area (Å²) in [5.41, 5.74) is 4.36. The summed E-state index contributed by atoms with van der Waals surface area (Å²) >= 11 is 8.43. The summed E-state index contributed by atoms with van der Waals surface area (Å²) in [7, 11) is 0. The second-order valence-corrected chi connectivity index (χ2v) is 9.38. The summed E-state index contributed by atoms with van der Waals surface area (Å²) in [4.78, 5) is 0. The Balaban J connectivity index is 1.70. The van der Waals surface area contributed by atoms with Crippen molar-refractivity contribution in [3.8, 4) is 22.5 Å². The average molecular weight is 400 g/mol. The zero-order valence-corrected chi connectivity index (χ0v) is 17.0. The lowest BCUT2D eigenvalue weighted by molar-refractivity contribution is 0.254. The molecule has 0 saturated heterocycles. The number of benzene rings is 2. The molecule has 1 aliphatic rings. The Bertz CT molecular complexity index is 970. The van der Waals surface area contributed by atoms with Gasteiger partial charge in [-0.1, -0.05) is 47.5 Å². The van der Waals surface area contributed by atoms with Crippen LogP contribution in [-0.2, 0) is 13.0 Å². The normalized spacial score (nSPS) is 19.6. The molecule has 4 rings (SSSR count). The van der Waals surface area contributed by atoms with E-state index in [2.05, 4.69) is 58.9 Å². The van der Waals surface area contributed by atoms with E-state index < -0.39 is 0 Å². The van der Waals surface area contributed by atoms with Gasteiger partial charge < -0.3 is 9.67 Å². The van der Waals surface area contributed by atoms with E-state index in [-0.39, 0.29) is 11.4 Å². The molecule has 1 aliphatic heterocycles. The summed E-state index contributed by atoms with van der Waals surface area (Å²) in [5.74, 6) is 2.62. The molecular formula is C21H22ClN3OS. The van der Waals surface area contributed by atoms with Gasteiger partial charge in [0, 0.05) is 29.0 Å². The number of aliphatic hydroxyl groups is 1. The van der Waals surface area contributed by atoms with Crippen LogP contribution in [0.5, 0.6) is 0 Å². The third-order valence-electron chi connectivity index (χ3n) is 5.05. The number of halogens is 1. The van der Waals surface area contributed by atoms with Crippen molar-refractivity contribution in [2.75, 3.05) is 12.4 Å². The molecule has 0 radical (unpaired) electrons. The molecule has 6 heteroatoms. The molecule has 1 atom stereocenters. The monoisotopic (exact) mass is 399 g/mol. The molecule has 140 valence electrons. The van der Waals surface area contributed by atoms with E-state index in [1.54, 1.807) is 11.8 Å². The van der Waals surface area contributed by atoms with Crippen molar-refractivity contribution in [1.82, 2.24) is 14.8 Å². The number of aryl methyl sites for hydroxylation is 1. The standard InChI is InChI=1S/C21H22ClN3OS/c1-14-3-5-15(6-4-14)16-7-8-17(18(22)11-16)20-24-23-19-12-21(2,13-26)27-10-9-25(19)20/h3-8,11,26H,9-10,12-13H2,1-2H3. The van der Waals surface area contributed by atoms with Gasteiger partial charge in [0.2, 0.25) is 0 Å². The fourth-order valence-electron chi connectivity index (χ4n) is 3.39. The Morgan fingerprint density at radius 1 is 1.15 bits per heavy atom. The Kier molecular flexibility index (Phi) is 5.01. The van der Waals surface area contributed by atoms with E-state index in [9.17, 15) is 5.11 Å². The van der Waals surface area contributed by atoms with E-state index in [0.29, 0.717) is 11.4 Å². The maximum atomic E-state index is 9.73. The van der Waals surface area contributed by atoms with E-state index in [1.165, 1.54) is 5.56 Å². The molecule has 27 heavy (non-hydrogen) atoms. The molecule has 2 heterocycles. The number of rotatable bonds is 3. The first-order chi connectivity index (χ1) is 13.0. The molecule has 0 spiro atoms. The maximum Gasteiger partial charge on any atom is 0.165 e. The minimum absolute atomic E-state index is 0.131. The molecule has 1 unspecified atom stereocenters. The minimum Gasteiger partial charge on any atom is -0.395 e. The van der Waals surface area contributed by atoms with Crippen LogP contribution in [0.3, 0.4) is 0 Å². The van der Waals surface area contributed by atoms with Crippen molar-refractivity contribution in [3.05, 3.63) is 58.9 Å². The number of nitrogens with zero attached hydrogens (tertiary/aromatic N) is 3. The van der Waals surface area contributed by atoms with Crippen molar-refractivity contribution in [3.63, 3.8) is 0 Å². The van der Waals surface area contributed by atoms with Gasteiger partial charge in [0.25, 0.3) is 0 Å². The summed E-state index contributed by atoms with van der Waals surface area (Å²) < 4.78 is 1.93. The first-order valence-corrected chi connectivity index (χ1v) is 10.4. The highest BCUT2D eigenvalue weighted by Crippen LogP contribution is 2.36. The van der Waals surface area contributed by atoms with E-state index in [0.717, 1.165) is 40.6 Å². The van der Waals surface area contributed by atoms with Gasteiger partial charge in [0.15, 0.2) is 5.82 Å². The van der Waals surface area contributed by atoms with Crippen LogP contribution in [0.15, 0.2) is 42.5 Å². The second-order valence-electron chi connectivity index (χ2n) is 7.29. The third-order valence-corrected chi connectivity index (χ3v) is 6.72. The van der Waals surface area contributed by atoms with E-state index >= 15 is 0 Å². The Morgan fingerprint density at radius 3 is 2.59 bits per heavy atom. The Labute approximate surface area is 168 Å². The topological polar surface area (TPSA) is 50.9 Å². The van der Waals surface area contributed by atoms with Crippen molar-refractivity contribution in [1.29, 1.82) is 0 Å². The summed E-state index contributed by atoms with van der Waals surface area (Å²) in [6.07, 6.45) is 0.695. The smallest absolute Gasteiger partial charge is 0.165 e. The van der Waals surface area contributed by atoms with Crippen molar-refractivity contribution >= 4 is 23.4 Å². The minimum atomic E-state index is -0.211. The first kappa shape index (κ1) is 18.5. The van der Waals surface area contributed by atoms with E-state index in [1.807, 2.05) is 12.1 Å². The predicted octanol–water partition coefficient (Wildman–Crippen LogP) is 4.61. The highest BCUT2D eigenvalue weighted by molar-refractivity contribution is 8.00. The highest BCUT2D eigenvalue weighted by Gasteiger charge is 2.31. The lowest BCUT2D eigenvalue weighted by atomic mass is 10.0. The Hall–Kier alpha value is -1.82. The van der Waals surface area contributed by atoms with Crippen molar-refractivity contribution in [2.45, 2.75) is 31.6 Å². The maximum absolute atomic E-state index is 9.73. The molecule has 0 amide bonds. The summed E-state index contributed by atoms with van der Waals surface area (Å²) in [6.45, 7) is 5.10. The van der Waals surface area contributed by atoms with Crippen LogP contribution in [0.2, 0.25) is 5.02 Å². The first-order valence-electron chi connectivity index (χ1n) is 9.03. The number of aliphatic hydroxyl groups excluding tert-OH is 1. The van der Waals surface area contributed by atoms with Gasteiger partial charge in [-0.05, 0) is 37.1 Å². The summed E-state index contributed by atoms with van der Waals surface area (Å²) in [5, 5.41) is 19.2. The number of aromatic nitrogens is 3. The Morgan fingerprint density at radius 2 is 1.89 bits per heavy atom. The van der Waals surface area contributed by atoms with Crippen LogP contribution in [0, 0.1) is 6.92 Å². The number of fused-ring (bicyclic) bond motifs is 1. The lowest BCUT2D eigenvalue weighted by Crippen LogP contribution is -2.28. The molecular weight excluding hydrogens is 378 g/mol. The SMILES string of the molecule is Cc1ccc(-c2ccc(-c3nnc4n3CCSC(C)(CO)C4)c(Cl)c2)cc1. The van der Waals surface area contributed by atoms with Crippen LogP contribution in [0.4, 0.5) is 0 Å². The fraction of sp³-hybridized carbons (Fsp3) is 0.333. The molecule has 2 aromatic carbocycles. The van der Waals surface area contributed by atoms with Gasteiger partial charge in [-0.2, -0.15) is 11.8 Å². The molecule has 1 N–H and O–H groups in total. The highest BCUT2D eigenvalue weighted by atomic mass is 35.5. The van der Waals surface area contributed by atoms with E-state index in [4.69, 9.17) is 11.6 Å². The van der Waals surface area contributed by atoms with Crippen LogP contribution in [-0.4, -0.2) is 37.0 Å². The van der Waals surface area contributed by atoms with Crippen molar-refractivity contribution in [2.24, 2.45) is 0 Å². The summed E-state index contributed by atoms with van der Waals surface area (Å²) in [6, 6.07) is 14.5. The number of hydrogen-bond acceptors (Lipinski definition) is 4. The van der Waals surface area contributed by atoms with Gasteiger partial charge in [0.05, 0.1) is 11.6 Å². The van der Waals surface area contributed by atoms with Crippen LogP contribution < -0.4 is 0 Å². The van der Waals surface area contributed by atoms with Crippen LogP contribution in [0.1, 0.15) is 18.3 Å². The van der Waals surface area contributed by atoms with Gasteiger partial charge in [0.1, 0.15) is 5.82 Å². The molecule has 1 aromatic heterocycles. The molecule has 0 saturated carbocycles. The average Bonchev–Trinajstić information content (AvgIpc) is 2.95. The molecule has 4 nitrogen and oxygen atoms in total. The van der Waals surface area contributed by atoms with Gasteiger partial charge in [-0.3, -0.25) is 0 Å². The number of thioether (sulfide) groups is 1. The molecule has 3 aromatic rings. The zero-order valence-electron chi connectivity index (χ0n) is 15.4. The van der Waals surface area contributed by atoms with Gasteiger partial charge in [-0.15, -0.1) is 10.2 Å². The lowest BCUT2D eigenvalue weighted by Gasteiger charge is -2.23. The molecule has 0 fully saturated rings. The predicted molar refractivity (Wildman–Crippen MR) is 112 cm³/mol. The quantitative estimate of drug-likeness (QED) is 0.698. The number of hydrogen-bond donors (Lipinski definition) is 1. The fourth-order valence-corrected chi connectivity index (χ4v) is 4.75. The largest absolute Gasteiger partial charge is 0.395 e. The van der Waals surface area contributed by atoms with Crippen molar-refractivity contribution < 1.29 is 5.11 Å². The van der Waals surface area contributed by atoms with Gasteiger partial charge >= 0.3 is 0 Å². The van der Waals surface area contributed by atoms with Crippen LogP contribution in [0.25, 0.3) is 22.5 Å². The second kappa shape index (κ2) is 7.30. The van der Waals surface area contributed by atoms with Gasteiger partial charge in [-0.25, -0.2) is 0 Å². The zero-order chi connectivity index (χ0) is 19.0. The van der Waals surface area contributed by atoms with Crippen LogP contribution >= 0.6 is 23.4 Å². The molecule has 0 bridgehead atoms. The molecule has 0 aliphatic carbocycles.